The molecule has 1 aromatic rings. The lowest BCUT2D eigenvalue weighted by Gasteiger charge is -2.44. The van der Waals surface area contributed by atoms with Gasteiger partial charge in [-0.05, 0) is 139 Å². The van der Waals surface area contributed by atoms with Gasteiger partial charge >= 0.3 is 0 Å². The molecular formula is C53H40FNO3. The zero-order valence-corrected chi connectivity index (χ0v) is 32.4. The van der Waals surface area contributed by atoms with E-state index in [-0.39, 0.29) is 36.9 Å². The summed E-state index contributed by atoms with van der Waals surface area (Å²) in [6.45, 7) is 17.4. The summed E-state index contributed by atoms with van der Waals surface area (Å²) in [5.41, 5.74) is 1.18. The number of benzene rings is 1. The Hall–Kier alpha value is -7.78. The molecule has 282 valence electrons. The van der Waals surface area contributed by atoms with E-state index in [1.54, 1.807) is 19.1 Å². The molecule has 1 saturated heterocycles. The molecule has 0 saturated carbocycles. The minimum absolute atomic E-state index is 0.0373. The van der Waals surface area contributed by atoms with Crippen molar-refractivity contribution >= 4 is 5.91 Å². The number of hydrogen-bond acceptors (Lipinski definition) is 3. The number of nitrogens with one attached hydrogen (secondary N) is 1. The largest absolute Gasteiger partial charge is 0.350 e. The number of unbranched alkanes of at least 4 members (excludes halogenated alkanes) is 1. The second-order valence-corrected chi connectivity index (χ2v) is 11.8. The van der Waals surface area contributed by atoms with Gasteiger partial charge in [-0.2, -0.15) is 0 Å². The third-order valence-corrected chi connectivity index (χ3v) is 8.00. The van der Waals surface area contributed by atoms with Crippen LogP contribution in [0.4, 0.5) is 4.39 Å². The molecule has 2 unspecified atom stereocenters. The predicted octanol–water partition coefficient (Wildman–Crippen LogP) is 6.01. The highest BCUT2D eigenvalue weighted by Crippen LogP contribution is 2.39. The second kappa shape index (κ2) is 30.5. The molecule has 1 aliphatic heterocycles. The van der Waals surface area contributed by atoms with Gasteiger partial charge in [0.25, 0.3) is 5.91 Å². The van der Waals surface area contributed by atoms with E-state index in [1.807, 2.05) is 42.5 Å². The lowest BCUT2D eigenvalue weighted by atomic mass is 9.75. The molecule has 0 aromatic heterocycles. The van der Waals surface area contributed by atoms with Gasteiger partial charge < -0.3 is 14.8 Å². The van der Waals surface area contributed by atoms with Crippen LogP contribution < -0.4 is 5.32 Å². The van der Waals surface area contributed by atoms with E-state index in [4.69, 9.17) is 9.47 Å². The van der Waals surface area contributed by atoms with Crippen LogP contribution in [-0.4, -0.2) is 37.1 Å². The zero-order valence-electron chi connectivity index (χ0n) is 32.4. The fraction of sp³-hybridized carbons (Fsp3) is 0.264. The van der Waals surface area contributed by atoms with Crippen LogP contribution in [0.25, 0.3) is 0 Å². The summed E-state index contributed by atoms with van der Waals surface area (Å²) in [6, 6.07) is 9.01. The Balaban J connectivity index is 2.01. The molecule has 4 nitrogen and oxygen atoms in total. The number of rotatable bonds is 15. The van der Waals surface area contributed by atoms with Crippen molar-refractivity contribution in [2.75, 3.05) is 6.61 Å². The molecule has 0 spiro atoms. The summed E-state index contributed by atoms with van der Waals surface area (Å²) in [7, 11) is 0. The van der Waals surface area contributed by atoms with E-state index >= 15 is 4.39 Å². The Morgan fingerprint density at radius 1 is 0.707 bits per heavy atom. The van der Waals surface area contributed by atoms with Crippen LogP contribution in [0.15, 0.2) is 81.0 Å². The molecule has 1 aromatic carbocycles. The van der Waals surface area contributed by atoms with Crippen molar-refractivity contribution in [3.63, 3.8) is 0 Å². The zero-order chi connectivity index (χ0) is 41.9. The van der Waals surface area contributed by atoms with Gasteiger partial charge in [0.05, 0.1) is 18.8 Å². The van der Waals surface area contributed by atoms with Crippen molar-refractivity contribution in [2.45, 2.75) is 63.6 Å². The Labute approximate surface area is 345 Å². The van der Waals surface area contributed by atoms with Crippen molar-refractivity contribution < 1.29 is 18.7 Å². The quantitative estimate of drug-likeness (QED) is 0.136. The van der Waals surface area contributed by atoms with Gasteiger partial charge in [0.1, 0.15) is 6.17 Å². The highest BCUT2D eigenvalue weighted by Gasteiger charge is 2.42. The van der Waals surface area contributed by atoms with Crippen molar-refractivity contribution in [2.24, 2.45) is 17.8 Å². The molecule has 1 aliphatic rings. The number of alkyl halides is 1. The predicted molar refractivity (Wildman–Crippen MR) is 230 cm³/mol. The van der Waals surface area contributed by atoms with Crippen LogP contribution in [0.3, 0.4) is 0 Å². The van der Waals surface area contributed by atoms with Gasteiger partial charge in [-0.25, -0.2) is 4.39 Å². The molecule has 58 heavy (non-hydrogen) atoms. The first kappa shape index (κ1) is 46.4. The first-order chi connectivity index (χ1) is 28.5. The van der Waals surface area contributed by atoms with Crippen molar-refractivity contribution in [3.05, 3.63) is 86.5 Å². The molecule has 0 radical (unpaired) electrons. The SMILES string of the molecule is C=CCC1O[C@@H](OC[C@H](NC(=O)C#CC#CC#CC#CC#CC#CC#CC#CC#CC#CC#CC#CC)[C@H](F)CCCCc2ccccc2)[C@H](C=C)C(C=C)[C@H]1C=C. The lowest BCUT2D eigenvalue weighted by molar-refractivity contribution is -0.236. The number of halogens is 1. The normalized spacial score (nSPS) is 17.0. The molecule has 5 heteroatoms. The van der Waals surface area contributed by atoms with E-state index in [1.165, 1.54) is 5.56 Å². The Morgan fingerprint density at radius 2 is 1.19 bits per heavy atom. The number of allylic oxidation sites excluding steroid dienone is 1. The molecule has 1 N–H and O–H groups in total. The number of aryl methyl sites for hydroxylation is 1. The minimum atomic E-state index is -1.41. The smallest absolute Gasteiger partial charge is 0.297 e. The highest BCUT2D eigenvalue weighted by atomic mass is 19.1. The van der Waals surface area contributed by atoms with E-state index in [0.29, 0.717) is 12.8 Å². The molecule has 1 heterocycles. The number of hydrogen-bond donors (Lipinski definition) is 1. The molecule has 1 fully saturated rings. The first-order valence-electron chi connectivity index (χ1n) is 18.2. The summed E-state index contributed by atoms with van der Waals surface area (Å²) >= 11 is 0. The third-order valence-electron chi connectivity index (χ3n) is 8.00. The van der Waals surface area contributed by atoms with E-state index in [2.05, 4.69) is 174 Å². The van der Waals surface area contributed by atoms with Gasteiger partial charge in [-0.15, -0.1) is 26.3 Å². The van der Waals surface area contributed by atoms with E-state index in [9.17, 15) is 4.79 Å². The highest BCUT2D eigenvalue weighted by molar-refractivity contribution is 5.94. The topological polar surface area (TPSA) is 47.6 Å². The second-order valence-electron chi connectivity index (χ2n) is 11.8. The monoisotopic (exact) mass is 757 g/mol. The third kappa shape index (κ3) is 19.5. The summed E-state index contributed by atoms with van der Waals surface area (Å²) in [6.07, 6.45) is 7.79. The van der Waals surface area contributed by atoms with Crippen LogP contribution in [0.2, 0.25) is 0 Å². The Kier molecular flexibility index (Phi) is 24.4. The average Bonchev–Trinajstić information content (AvgIpc) is 3.24. The van der Waals surface area contributed by atoms with Gasteiger partial charge in [0, 0.05) is 53.3 Å². The molecule has 7 atom stereocenters. The maximum Gasteiger partial charge on any atom is 0.297 e. The fourth-order valence-corrected chi connectivity index (χ4v) is 5.39. The summed E-state index contributed by atoms with van der Waals surface area (Å²) < 4.78 is 28.3. The summed E-state index contributed by atoms with van der Waals surface area (Å²) in [5.74, 6) is 59.1. The van der Waals surface area contributed by atoms with Crippen LogP contribution in [0, 0.1) is 160 Å². The summed E-state index contributed by atoms with van der Waals surface area (Å²) in [4.78, 5) is 12.8. The van der Waals surface area contributed by atoms with Crippen LogP contribution in [0.5, 0.6) is 0 Å². The average molecular weight is 758 g/mol. The van der Waals surface area contributed by atoms with Gasteiger partial charge in [-0.3, -0.25) is 4.79 Å². The first-order valence-corrected chi connectivity index (χ1v) is 18.2. The summed E-state index contributed by atoms with van der Waals surface area (Å²) in [5, 5.41) is 2.66. The molecule has 0 bridgehead atoms. The number of ether oxygens (including phenoxy) is 2. The Morgan fingerprint density at radius 3 is 1.66 bits per heavy atom. The van der Waals surface area contributed by atoms with Crippen LogP contribution in [0.1, 0.15) is 38.2 Å². The maximum atomic E-state index is 15.8. The molecule has 2 rings (SSSR count). The van der Waals surface area contributed by atoms with Crippen LogP contribution >= 0.6 is 0 Å². The van der Waals surface area contributed by atoms with E-state index in [0.717, 1.165) is 12.8 Å². The minimum Gasteiger partial charge on any atom is -0.350 e. The maximum absolute atomic E-state index is 15.8. The fourth-order valence-electron chi connectivity index (χ4n) is 5.39. The van der Waals surface area contributed by atoms with Crippen molar-refractivity contribution in [3.8, 4) is 142 Å². The Bertz CT molecular complexity index is 2420. The van der Waals surface area contributed by atoms with Gasteiger partial charge in [-0.1, -0.05) is 67.0 Å². The lowest BCUT2D eigenvalue weighted by Crippen LogP contribution is -2.50. The van der Waals surface area contributed by atoms with E-state index < -0.39 is 24.4 Å². The van der Waals surface area contributed by atoms with Gasteiger partial charge in [0.2, 0.25) is 0 Å². The van der Waals surface area contributed by atoms with Crippen molar-refractivity contribution in [1.29, 1.82) is 0 Å². The number of amides is 1. The standard InChI is InChI=1S/C53H40FNO3/c1-6-11-12-13-14-15-16-17-18-19-20-21-22-23-24-25-26-27-28-29-30-31-35-43-52(56)55-50(49(54)42-37-36-41-45-39-33-32-34-40-45)44-57-53-48(10-5)46(8-3)47(9-4)51(58-53)38-7-2/h7-10,32-34,39-40,46-51,53H,2-5,36-38,41-42,44H2,1H3,(H,55,56)/t46?,47-,48-,49-,50+,51?,53-/m1/s1. The number of carbonyl (C=O) groups is 1. The van der Waals surface area contributed by atoms with Gasteiger partial charge in [0.15, 0.2) is 6.29 Å². The van der Waals surface area contributed by atoms with Crippen molar-refractivity contribution in [1.82, 2.24) is 5.32 Å². The number of carbonyl (C=O) groups excluding carboxylic acids is 1. The molecule has 0 aliphatic carbocycles. The molecule has 1 amide bonds. The van der Waals surface area contributed by atoms with Crippen LogP contribution in [-0.2, 0) is 20.7 Å². The molecular weight excluding hydrogens is 718 g/mol.